The van der Waals surface area contributed by atoms with Crippen LogP contribution in [0, 0.1) is 0 Å². The number of carbonyl (C=O) groups excluding carboxylic acids is 1. The maximum absolute atomic E-state index is 12.6. The molecule has 1 amide bonds. The Morgan fingerprint density at radius 3 is 2.40 bits per heavy atom. The molecule has 0 unspecified atom stereocenters. The van der Waals surface area contributed by atoms with Gasteiger partial charge in [-0.1, -0.05) is 13.0 Å². The molecule has 1 aliphatic rings. The van der Waals surface area contributed by atoms with Crippen LogP contribution >= 0.6 is 0 Å². The van der Waals surface area contributed by atoms with Crippen molar-refractivity contribution in [2.24, 2.45) is 0 Å². The van der Waals surface area contributed by atoms with Crippen LogP contribution in [0.4, 0.5) is 0 Å². The van der Waals surface area contributed by atoms with Gasteiger partial charge in [-0.15, -0.1) is 0 Å². The van der Waals surface area contributed by atoms with Crippen LogP contribution in [0.2, 0.25) is 0 Å². The van der Waals surface area contributed by atoms with Crippen LogP contribution < -0.4 is 9.47 Å². The van der Waals surface area contributed by atoms with Gasteiger partial charge < -0.3 is 19.3 Å². The molecule has 20 heavy (non-hydrogen) atoms. The highest BCUT2D eigenvalue weighted by Gasteiger charge is 2.24. The minimum absolute atomic E-state index is 0.0107. The lowest BCUT2D eigenvalue weighted by atomic mass is 10.1. The largest absolute Gasteiger partial charge is 0.493 e. The highest BCUT2D eigenvalue weighted by Crippen LogP contribution is 2.31. The van der Waals surface area contributed by atoms with Crippen LogP contribution in [-0.2, 0) is 0 Å². The van der Waals surface area contributed by atoms with Crippen LogP contribution in [-0.4, -0.2) is 62.7 Å². The zero-order valence-corrected chi connectivity index (χ0v) is 12.4. The number of likely N-dealkylation sites (N-methyl/N-ethyl adjacent to an activating group) is 1. The molecule has 0 bridgehead atoms. The molecule has 1 saturated heterocycles. The van der Waals surface area contributed by atoms with Gasteiger partial charge in [0.1, 0.15) is 0 Å². The molecule has 1 aromatic rings. The quantitative estimate of drug-likeness (QED) is 0.836. The molecule has 0 aromatic heterocycles. The molecule has 110 valence electrons. The van der Waals surface area contributed by atoms with E-state index < -0.39 is 0 Å². The Hall–Kier alpha value is -1.75. The number of hydrogen-bond acceptors (Lipinski definition) is 4. The molecule has 0 radical (unpaired) electrons. The lowest BCUT2D eigenvalue weighted by molar-refractivity contribution is 0.0639. The van der Waals surface area contributed by atoms with Gasteiger partial charge in [0.05, 0.1) is 19.8 Å². The van der Waals surface area contributed by atoms with Crippen LogP contribution in [0.5, 0.6) is 11.5 Å². The summed E-state index contributed by atoms with van der Waals surface area (Å²) in [5.41, 5.74) is 0.566. The molecule has 0 atom stereocenters. The van der Waals surface area contributed by atoms with E-state index in [0.29, 0.717) is 17.1 Å². The van der Waals surface area contributed by atoms with Gasteiger partial charge in [-0.05, 0) is 18.7 Å². The smallest absolute Gasteiger partial charge is 0.257 e. The molecule has 1 aliphatic heterocycles. The van der Waals surface area contributed by atoms with Crippen LogP contribution in [0.1, 0.15) is 17.3 Å². The Morgan fingerprint density at radius 1 is 1.15 bits per heavy atom. The molecular weight excluding hydrogens is 256 g/mol. The summed E-state index contributed by atoms with van der Waals surface area (Å²) < 4.78 is 10.6. The van der Waals surface area contributed by atoms with Crippen molar-refractivity contribution < 1.29 is 14.3 Å². The summed E-state index contributed by atoms with van der Waals surface area (Å²) in [6.45, 7) is 6.54. The first-order chi connectivity index (χ1) is 9.71. The van der Waals surface area contributed by atoms with E-state index in [1.165, 1.54) is 0 Å². The summed E-state index contributed by atoms with van der Waals surface area (Å²) in [6.07, 6.45) is 0. The van der Waals surface area contributed by atoms with Gasteiger partial charge in [0.15, 0.2) is 11.5 Å². The summed E-state index contributed by atoms with van der Waals surface area (Å²) in [6, 6.07) is 5.40. The molecular formula is C15H22N2O3. The fourth-order valence-electron chi connectivity index (χ4n) is 2.49. The van der Waals surface area contributed by atoms with E-state index in [2.05, 4.69) is 11.8 Å². The van der Waals surface area contributed by atoms with Crippen molar-refractivity contribution in [1.29, 1.82) is 0 Å². The lowest BCUT2D eigenvalue weighted by Gasteiger charge is -2.34. The summed E-state index contributed by atoms with van der Waals surface area (Å²) >= 11 is 0. The molecule has 0 saturated carbocycles. The third-order valence-corrected chi connectivity index (χ3v) is 3.74. The van der Waals surface area contributed by atoms with Gasteiger partial charge >= 0.3 is 0 Å². The second-order valence-electron chi connectivity index (χ2n) is 4.77. The molecule has 0 spiro atoms. The Balaban J connectivity index is 2.17. The molecule has 1 fully saturated rings. The number of rotatable bonds is 4. The summed E-state index contributed by atoms with van der Waals surface area (Å²) in [4.78, 5) is 16.8. The van der Waals surface area contributed by atoms with Crippen molar-refractivity contribution in [3.05, 3.63) is 23.8 Å². The van der Waals surface area contributed by atoms with Gasteiger partial charge in [0.25, 0.3) is 5.91 Å². The van der Waals surface area contributed by atoms with E-state index in [1.54, 1.807) is 26.4 Å². The molecule has 0 aliphatic carbocycles. The average molecular weight is 278 g/mol. The zero-order chi connectivity index (χ0) is 14.5. The molecule has 5 heteroatoms. The molecule has 1 aromatic carbocycles. The maximum atomic E-state index is 12.6. The van der Waals surface area contributed by atoms with Crippen molar-refractivity contribution >= 4 is 5.91 Å². The van der Waals surface area contributed by atoms with E-state index in [4.69, 9.17) is 9.47 Å². The first-order valence-corrected chi connectivity index (χ1v) is 6.93. The number of para-hydroxylation sites is 1. The summed E-state index contributed by atoms with van der Waals surface area (Å²) in [5.74, 6) is 1.11. The van der Waals surface area contributed by atoms with Crippen LogP contribution in [0.25, 0.3) is 0 Å². The van der Waals surface area contributed by atoms with Crippen molar-refractivity contribution in [2.45, 2.75) is 6.92 Å². The molecule has 0 N–H and O–H groups in total. The highest BCUT2D eigenvalue weighted by atomic mass is 16.5. The first-order valence-electron chi connectivity index (χ1n) is 6.93. The fourth-order valence-corrected chi connectivity index (χ4v) is 2.49. The first kappa shape index (κ1) is 14.7. The topological polar surface area (TPSA) is 42.0 Å². The van der Waals surface area contributed by atoms with E-state index in [1.807, 2.05) is 11.0 Å². The SMILES string of the molecule is CCN1CCN(C(=O)c2cccc(OC)c2OC)CC1. The second-order valence-corrected chi connectivity index (χ2v) is 4.77. The molecule has 5 nitrogen and oxygen atoms in total. The maximum Gasteiger partial charge on any atom is 0.257 e. The Labute approximate surface area is 120 Å². The third kappa shape index (κ3) is 2.88. The van der Waals surface area contributed by atoms with Crippen LogP contribution in [0.3, 0.4) is 0 Å². The zero-order valence-electron chi connectivity index (χ0n) is 12.4. The number of methoxy groups -OCH3 is 2. The number of ether oxygens (including phenoxy) is 2. The third-order valence-electron chi connectivity index (χ3n) is 3.74. The molecule has 1 heterocycles. The van der Waals surface area contributed by atoms with Crippen LogP contribution in [0.15, 0.2) is 18.2 Å². The fraction of sp³-hybridized carbons (Fsp3) is 0.533. The predicted octanol–water partition coefficient (Wildman–Crippen LogP) is 1.48. The standard InChI is InChI=1S/C15H22N2O3/c1-4-16-8-10-17(11-9-16)15(18)12-6-5-7-13(19-2)14(12)20-3/h5-7H,4,8-11H2,1-3H3. The van der Waals surface area contributed by atoms with Crippen molar-refractivity contribution in [2.75, 3.05) is 46.9 Å². The van der Waals surface area contributed by atoms with Crippen molar-refractivity contribution in [1.82, 2.24) is 9.80 Å². The van der Waals surface area contributed by atoms with Gasteiger partial charge in [0.2, 0.25) is 0 Å². The minimum Gasteiger partial charge on any atom is -0.493 e. The summed E-state index contributed by atoms with van der Waals surface area (Å²) in [7, 11) is 3.13. The lowest BCUT2D eigenvalue weighted by Crippen LogP contribution is -2.48. The monoisotopic (exact) mass is 278 g/mol. The number of carbonyl (C=O) groups is 1. The second kappa shape index (κ2) is 6.61. The molecule has 2 rings (SSSR count). The number of nitrogens with zero attached hydrogens (tertiary/aromatic N) is 2. The number of benzene rings is 1. The van der Waals surface area contributed by atoms with E-state index in [0.717, 1.165) is 32.7 Å². The van der Waals surface area contributed by atoms with Crippen molar-refractivity contribution in [3.63, 3.8) is 0 Å². The number of hydrogen-bond donors (Lipinski definition) is 0. The van der Waals surface area contributed by atoms with Gasteiger partial charge in [-0.25, -0.2) is 0 Å². The van der Waals surface area contributed by atoms with E-state index in [-0.39, 0.29) is 5.91 Å². The Bertz CT molecular complexity index is 468. The Kier molecular flexibility index (Phi) is 4.84. The van der Waals surface area contributed by atoms with E-state index in [9.17, 15) is 4.79 Å². The minimum atomic E-state index is 0.0107. The normalized spacial score (nSPS) is 16.1. The van der Waals surface area contributed by atoms with Crippen molar-refractivity contribution in [3.8, 4) is 11.5 Å². The summed E-state index contributed by atoms with van der Waals surface area (Å²) in [5, 5.41) is 0. The highest BCUT2D eigenvalue weighted by molar-refractivity contribution is 5.97. The Morgan fingerprint density at radius 2 is 1.85 bits per heavy atom. The van der Waals surface area contributed by atoms with Gasteiger partial charge in [-0.2, -0.15) is 0 Å². The average Bonchev–Trinajstić information content (AvgIpc) is 2.53. The van der Waals surface area contributed by atoms with Gasteiger partial charge in [-0.3, -0.25) is 4.79 Å². The predicted molar refractivity (Wildman–Crippen MR) is 77.6 cm³/mol. The number of piperazine rings is 1. The number of amides is 1. The van der Waals surface area contributed by atoms with E-state index >= 15 is 0 Å². The van der Waals surface area contributed by atoms with Gasteiger partial charge in [0, 0.05) is 26.2 Å².